The number of benzene rings is 1. The fourth-order valence-corrected chi connectivity index (χ4v) is 1.15. The van der Waals surface area contributed by atoms with Crippen LogP contribution in [0, 0.1) is 0 Å². The van der Waals surface area contributed by atoms with E-state index in [9.17, 15) is 4.79 Å². The van der Waals surface area contributed by atoms with Crippen LogP contribution in [0.4, 0.5) is 5.69 Å². The zero-order valence-corrected chi connectivity index (χ0v) is 8.27. The van der Waals surface area contributed by atoms with Gasteiger partial charge < -0.3 is 5.32 Å². The number of carbonyl (C=O) groups is 1. The van der Waals surface area contributed by atoms with Gasteiger partial charge in [0.05, 0.1) is 0 Å². The molecule has 0 atom stereocenters. The molecule has 0 aromatic heterocycles. The topological polar surface area (TPSA) is 29.1 Å². The molecule has 1 N–H and O–H groups in total. The number of hydrogen-bond acceptors (Lipinski definition) is 1. The second-order valence-electron chi connectivity index (χ2n) is 2.74. The SMILES string of the molecule is CCC(=O)Nc1cccc(CCl)c1. The zero-order chi connectivity index (χ0) is 9.68. The molecule has 13 heavy (non-hydrogen) atoms. The van der Waals surface area contributed by atoms with Crippen molar-refractivity contribution >= 4 is 23.2 Å². The second-order valence-corrected chi connectivity index (χ2v) is 3.00. The van der Waals surface area contributed by atoms with Crippen LogP contribution in [0.3, 0.4) is 0 Å². The molecule has 0 heterocycles. The second kappa shape index (κ2) is 4.87. The molecule has 0 saturated heterocycles. The Morgan fingerprint density at radius 2 is 2.31 bits per heavy atom. The smallest absolute Gasteiger partial charge is 0.224 e. The zero-order valence-electron chi connectivity index (χ0n) is 7.51. The number of amides is 1. The molecule has 0 aliphatic carbocycles. The lowest BCUT2D eigenvalue weighted by atomic mass is 10.2. The summed E-state index contributed by atoms with van der Waals surface area (Å²) in [5.74, 6) is 0.488. The Bertz CT molecular complexity index is 299. The van der Waals surface area contributed by atoms with Crippen LogP contribution >= 0.6 is 11.6 Å². The lowest BCUT2D eigenvalue weighted by molar-refractivity contribution is -0.115. The van der Waals surface area contributed by atoms with Crippen molar-refractivity contribution in [2.24, 2.45) is 0 Å². The van der Waals surface area contributed by atoms with E-state index in [4.69, 9.17) is 11.6 Å². The van der Waals surface area contributed by atoms with Crippen LogP contribution in [0.25, 0.3) is 0 Å². The van der Waals surface area contributed by atoms with Crippen LogP contribution in [-0.2, 0) is 10.7 Å². The van der Waals surface area contributed by atoms with E-state index < -0.39 is 0 Å². The predicted octanol–water partition coefficient (Wildman–Crippen LogP) is 2.77. The van der Waals surface area contributed by atoms with Gasteiger partial charge in [-0.1, -0.05) is 19.1 Å². The molecule has 2 nitrogen and oxygen atoms in total. The average molecular weight is 198 g/mol. The maximum Gasteiger partial charge on any atom is 0.224 e. The first-order valence-corrected chi connectivity index (χ1v) is 4.74. The van der Waals surface area contributed by atoms with Crippen LogP contribution in [0.2, 0.25) is 0 Å². The number of nitrogens with one attached hydrogen (secondary N) is 1. The lowest BCUT2D eigenvalue weighted by Crippen LogP contribution is -2.09. The molecule has 0 saturated carbocycles. The minimum absolute atomic E-state index is 0.0201. The first-order valence-electron chi connectivity index (χ1n) is 4.21. The number of hydrogen-bond donors (Lipinski definition) is 1. The largest absolute Gasteiger partial charge is 0.326 e. The summed E-state index contributed by atoms with van der Waals surface area (Å²) in [7, 11) is 0. The molecular weight excluding hydrogens is 186 g/mol. The first-order chi connectivity index (χ1) is 6.26. The van der Waals surface area contributed by atoms with Crippen LogP contribution in [-0.4, -0.2) is 5.91 Å². The van der Waals surface area contributed by atoms with E-state index in [1.807, 2.05) is 31.2 Å². The molecular formula is C10H12ClNO. The van der Waals surface area contributed by atoms with E-state index in [1.165, 1.54) is 0 Å². The Morgan fingerprint density at radius 3 is 2.92 bits per heavy atom. The van der Waals surface area contributed by atoms with E-state index >= 15 is 0 Å². The minimum atomic E-state index is 0.0201. The highest BCUT2D eigenvalue weighted by Gasteiger charge is 1.98. The van der Waals surface area contributed by atoms with Gasteiger partial charge in [0.15, 0.2) is 0 Å². The fourth-order valence-electron chi connectivity index (χ4n) is 0.982. The van der Waals surface area contributed by atoms with E-state index in [2.05, 4.69) is 5.32 Å². The summed E-state index contributed by atoms with van der Waals surface area (Å²) in [6.07, 6.45) is 0.491. The summed E-state index contributed by atoms with van der Waals surface area (Å²) in [6, 6.07) is 7.53. The monoisotopic (exact) mass is 197 g/mol. The normalized spacial score (nSPS) is 9.69. The summed E-state index contributed by atoms with van der Waals surface area (Å²) >= 11 is 5.66. The minimum Gasteiger partial charge on any atom is -0.326 e. The van der Waals surface area contributed by atoms with Gasteiger partial charge in [0, 0.05) is 18.0 Å². The van der Waals surface area contributed by atoms with Gasteiger partial charge in [0.2, 0.25) is 5.91 Å². The van der Waals surface area contributed by atoms with E-state index in [0.717, 1.165) is 11.3 Å². The Hall–Kier alpha value is -1.02. The first kappa shape index (κ1) is 10.1. The molecule has 1 aromatic rings. The van der Waals surface area contributed by atoms with Gasteiger partial charge in [-0.05, 0) is 17.7 Å². The van der Waals surface area contributed by atoms with Crippen molar-refractivity contribution in [2.75, 3.05) is 5.32 Å². The summed E-state index contributed by atoms with van der Waals surface area (Å²) in [5, 5.41) is 2.77. The third-order valence-corrected chi connectivity index (χ3v) is 1.99. The number of halogens is 1. The van der Waals surface area contributed by atoms with Gasteiger partial charge in [-0.15, -0.1) is 11.6 Å². The van der Waals surface area contributed by atoms with Gasteiger partial charge in [-0.3, -0.25) is 4.79 Å². The van der Waals surface area contributed by atoms with Gasteiger partial charge in [-0.25, -0.2) is 0 Å². The summed E-state index contributed by atoms with van der Waals surface area (Å²) in [6.45, 7) is 1.82. The number of alkyl halides is 1. The van der Waals surface area contributed by atoms with E-state index in [0.29, 0.717) is 12.3 Å². The Labute approximate surface area is 82.9 Å². The molecule has 0 spiro atoms. The quantitative estimate of drug-likeness (QED) is 0.742. The van der Waals surface area contributed by atoms with Crippen molar-refractivity contribution in [3.05, 3.63) is 29.8 Å². The molecule has 0 radical (unpaired) electrons. The fraction of sp³-hybridized carbons (Fsp3) is 0.300. The average Bonchev–Trinajstić information content (AvgIpc) is 2.18. The molecule has 0 aliphatic heterocycles. The maximum atomic E-state index is 11.0. The van der Waals surface area contributed by atoms with Gasteiger partial charge >= 0.3 is 0 Å². The molecule has 0 fully saturated rings. The van der Waals surface area contributed by atoms with Gasteiger partial charge in [-0.2, -0.15) is 0 Å². The Kier molecular flexibility index (Phi) is 3.77. The Morgan fingerprint density at radius 1 is 1.54 bits per heavy atom. The molecule has 1 amide bonds. The van der Waals surface area contributed by atoms with Crippen LogP contribution in [0.15, 0.2) is 24.3 Å². The van der Waals surface area contributed by atoms with Crippen molar-refractivity contribution in [1.82, 2.24) is 0 Å². The van der Waals surface area contributed by atoms with Crippen molar-refractivity contribution in [2.45, 2.75) is 19.2 Å². The van der Waals surface area contributed by atoms with Crippen molar-refractivity contribution < 1.29 is 4.79 Å². The number of carbonyl (C=O) groups excluding carboxylic acids is 1. The van der Waals surface area contributed by atoms with Crippen molar-refractivity contribution in [1.29, 1.82) is 0 Å². The van der Waals surface area contributed by atoms with Crippen molar-refractivity contribution in [3.8, 4) is 0 Å². The third kappa shape index (κ3) is 3.07. The van der Waals surface area contributed by atoms with Crippen LogP contribution < -0.4 is 5.32 Å². The Balaban J connectivity index is 2.71. The molecule has 1 aromatic carbocycles. The highest BCUT2D eigenvalue weighted by molar-refractivity contribution is 6.17. The molecule has 0 bridgehead atoms. The third-order valence-electron chi connectivity index (χ3n) is 1.69. The lowest BCUT2D eigenvalue weighted by Gasteiger charge is -2.04. The number of rotatable bonds is 3. The molecule has 1 rings (SSSR count). The molecule has 0 aliphatic rings. The molecule has 3 heteroatoms. The summed E-state index contributed by atoms with van der Waals surface area (Å²) < 4.78 is 0. The summed E-state index contributed by atoms with van der Waals surface area (Å²) in [5.41, 5.74) is 1.82. The molecule has 0 unspecified atom stereocenters. The van der Waals surface area contributed by atoms with Crippen LogP contribution in [0.5, 0.6) is 0 Å². The van der Waals surface area contributed by atoms with Gasteiger partial charge in [0.1, 0.15) is 0 Å². The van der Waals surface area contributed by atoms with Crippen LogP contribution in [0.1, 0.15) is 18.9 Å². The highest BCUT2D eigenvalue weighted by atomic mass is 35.5. The van der Waals surface area contributed by atoms with Crippen molar-refractivity contribution in [3.63, 3.8) is 0 Å². The maximum absolute atomic E-state index is 11.0. The molecule has 70 valence electrons. The van der Waals surface area contributed by atoms with E-state index in [-0.39, 0.29) is 5.91 Å². The summed E-state index contributed by atoms with van der Waals surface area (Å²) in [4.78, 5) is 11.0. The van der Waals surface area contributed by atoms with E-state index in [1.54, 1.807) is 0 Å². The predicted molar refractivity (Wildman–Crippen MR) is 54.9 cm³/mol. The highest BCUT2D eigenvalue weighted by Crippen LogP contribution is 2.12. The van der Waals surface area contributed by atoms with Gasteiger partial charge in [0.25, 0.3) is 0 Å². The standard InChI is InChI=1S/C10H12ClNO/c1-2-10(13)12-9-5-3-4-8(6-9)7-11/h3-6H,2,7H2,1H3,(H,12,13). The number of anilines is 1.